The summed E-state index contributed by atoms with van der Waals surface area (Å²) in [6.07, 6.45) is 0.992. The highest BCUT2D eigenvalue weighted by molar-refractivity contribution is 6.30. The number of aromatic nitrogens is 4. The number of hydrogen-bond acceptors (Lipinski definition) is 5. The summed E-state index contributed by atoms with van der Waals surface area (Å²) in [4.78, 5) is 21.1. The molecule has 1 amide bonds. The van der Waals surface area contributed by atoms with Crippen LogP contribution < -0.4 is 10.1 Å². The monoisotopic (exact) mass is 461 g/mol. The summed E-state index contributed by atoms with van der Waals surface area (Å²) >= 11 is 5.99. The fraction of sp³-hybridized carbons (Fsp3) is 0.200. The predicted molar refractivity (Wildman–Crippen MR) is 128 cm³/mol. The normalized spacial score (nSPS) is 10.8. The smallest absolute Gasteiger partial charge is 0.224 e. The number of halogens is 1. The molecule has 0 atom stereocenters. The third-order valence-electron chi connectivity index (χ3n) is 4.92. The molecule has 0 aliphatic carbocycles. The number of anilines is 1. The first-order valence-electron chi connectivity index (χ1n) is 10.6. The van der Waals surface area contributed by atoms with Crippen LogP contribution >= 0.6 is 11.6 Å². The highest BCUT2D eigenvalue weighted by atomic mass is 35.5. The molecule has 0 fully saturated rings. The lowest BCUT2D eigenvalue weighted by Gasteiger charge is -2.10. The molecular weight excluding hydrogens is 438 g/mol. The first kappa shape index (κ1) is 22.5. The number of nitrogens with zero attached hydrogens (tertiary/aromatic N) is 4. The topological polar surface area (TPSA) is 81.9 Å². The molecule has 2 aromatic carbocycles. The van der Waals surface area contributed by atoms with E-state index in [1.54, 1.807) is 35.0 Å². The highest BCUT2D eigenvalue weighted by Gasteiger charge is 2.10. The number of carbonyl (C=O) groups excluding carboxylic acids is 1. The molecule has 0 aliphatic rings. The van der Waals surface area contributed by atoms with Crippen LogP contribution in [-0.4, -0.2) is 25.7 Å². The van der Waals surface area contributed by atoms with E-state index in [1.165, 1.54) is 0 Å². The lowest BCUT2D eigenvalue weighted by Crippen LogP contribution is -2.12. The Labute approximate surface area is 197 Å². The van der Waals surface area contributed by atoms with Crippen molar-refractivity contribution < 1.29 is 9.53 Å². The lowest BCUT2D eigenvalue weighted by atomic mass is 10.1. The van der Waals surface area contributed by atoms with E-state index in [0.717, 1.165) is 17.0 Å². The first-order chi connectivity index (χ1) is 15.9. The van der Waals surface area contributed by atoms with E-state index in [2.05, 4.69) is 20.4 Å². The fourth-order valence-electron chi connectivity index (χ4n) is 3.45. The van der Waals surface area contributed by atoms with Gasteiger partial charge in [-0.25, -0.2) is 9.67 Å². The molecule has 2 heterocycles. The third kappa shape index (κ3) is 5.96. The average Bonchev–Trinajstić information content (AvgIpc) is 3.11. The van der Waals surface area contributed by atoms with Gasteiger partial charge in [-0.3, -0.25) is 4.79 Å². The Morgan fingerprint density at radius 2 is 1.82 bits per heavy atom. The van der Waals surface area contributed by atoms with Gasteiger partial charge in [0, 0.05) is 28.9 Å². The van der Waals surface area contributed by atoms with E-state index >= 15 is 0 Å². The maximum atomic E-state index is 12.3. The van der Waals surface area contributed by atoms with Crippen LogP contribution in [0.25, 0.3) is 5.82 Å². The van der Waals surface area contributed by atoms with Crippen LogP contribution in [-0.2, 0) is 11.2 Å². The van der Waals surface area contributed by atoms with E-state index in [4.69, 9.17) is 16.3 Å². The zero-order valence-electron chi connectivity index (χ0n) is 18.7. The summed E-state index contributed by atoms with van der Waals surface area (Å²) in [6, 6.07) is 18.4. The van der Waals surface area contributed by atoms with Gasteiger partial charge in [0.25, 0.3) is 0 Å². The van der Waals surface area contributed by atoms with E-state index in [9.17, 15) is 4.79 Å². The summed E-state index contributed by atoms with van der Waals surface area (Å²) in [5, 5.41) is 8.04. The highest BCUT2D eigenvalue weighted by Crippen LogP contribution is 2.24. The minimum atomic E-state index is -0.0652. The van der Waals surface area contributed by atoms with Crippen LogP contribution in [0.4, 0.5) is 5.69 Å². The fourth-order valence-corrected chi connectivity index (χ4v) is 3.66. The maximum absolute atomic E-state index is 12.3. The standard InChI is InChI=1S/C25H24ClN5O2/c1-16-13-17(2)31(30-16)23-15-25(28-18(3)27-23)33-22-10-8-21(9-11-22)29-24(32)12-7-19-5-4-6-20(26)14-19/h4-6,8-11,13-15H,7,12H2,1-3H3,(H,29,32). The van der Waals surface area contributed by atoms with Crippen molar-refractivity contribution in [3.63, 3.8) is 0 Å². The van der Waals surface area contributed by atoms with Gasteiger partial charge in [0.2, 0.25) is 11.8 Å². The second kappa shape index (κ2) is 9.83. The van der Waals surface area contributed by atoms with Crippen molar-refractivity contribution in [2.24, 2.45) is 0 Å². The third-order valence-corrected chi connectivity index (χ3v) is 5.15. The van der Waals surface area contributed by atoms with Crippen molar-refractivity contribution in [2.75, 3.05) is 5.32 Å². The molecule has 7 nitrogen and oxygen atoms in total. The van der Waals surface area contributed by atoms with Crippen molar-refractivity contribution in [2.45, 2.75) is 33.6 Å². The Kier molecular flexibility index (Phi) is 6.70. The minimum Gasteiger partial charge on any atom is -0.439 e. The van der Waals surface area contributed by atoms with Crippen molar-refractivity contribution >= 4 is 23.2 Å². The molecule has 1 N–H and O–H groups in total. The molecule has 8 heteroatoms. The summed E-state index contributed by atoms with van der Waals surface area (Å²) in [5.74, 6) is 2.18. The molecule has 0 radical (unpaired) electrons. The van der Waals surface area contributed by atoms with E-state index in [-0.39, 0.29) is 5.91 Å². The molecule has 4 aromatic rings. The van der Waals surface area contributed by atoms with Gasteiger partial charge in [-0.15, -0.1) is 0 Å². The Hall–Kier alpha value is -3.71. The lowest BCUT2D eigenvalue weighted by molar-refractivity contribution is -0.116. The molecule has 2 aromatic heterocycles. The Balaban J connectivity index is 1.38. The predicted octanol–water partition coefficient (Wildman–Crippen LogP) is 5.60. The quantitative estimate of drug-likeness (QED) is 0.387. The molecule has 4 rings (SSSR count). The van der Waals surface area contributed by atoms with Crippen LogP contribution in [0.3, 0.4) is 0 Å². The van der Waals surface area contributed by atoms with Gasteiger partial charge in [0.05, 0.1) is 5.69 Å². The van der Waals surface area contributed by atoms with Gasteiger partial charge < -0.3 is 10.1 Å². The van der Waals surface area contributed by atoms with Crippen LogP contribution in [0, 0.1) is 20.8 Å². The van der Waals surface area contributed by atoms with Crippen molar-refractivity contribution in [3.8, 4) is 17.4 Å². The summed E-state index contributed by atoms with van der Waals surface area (Å²) in [6.45, 7) is 5.72. The Bertz CT molecular complexity index is 1280. The number of carbonyl (C=O) groups is 1. The Morgan fingerprint density at radius 3 is 2.52 bits per heavy atom. The second-order valence-corrected chi connectivity index (χ2v) is 8.19. The minimum absolute atomic E-state index is 0.0652. The zero-order valence-corrected chi connectivity index (χ0v) is 19.4. The number of amides is 1. The van der Waals surface area contributed by atoms with Crippen molar-refractivity contribution in [3.05, 3.63) is 88.5 Å². The average molecular weight is 462 g/mol. The number of rotatable bonds is 7. The Morgan fingerprint density at radius 1 is 1.03 bits per heavy atom. The molecule has 0 bridgehead atoms. The molecule has 0 aliphatic heterocycles. The van der Waals surface area contributed by atoms with E-state index in [0.29, 0.717) is 46.8 Å². The SMILES string of the molecule is Cc1cc(C)n(-c2cc(Oc3ccc(NC(=O)CCc4cccc(Cl)c4)cc3)nc(C)n2)n1. The molecule has 0 saturated heterocycles. The number of hydrogen-bond donors (Lipinski definition) is 1. The van der Waals surface area contributed by atoms with Crippen molar-refractivity contribution in [1.29, 1.82) is 0 Å². The van der Waals surface area contributed by atoms with Crippen LogP contribution in [0.2, 0.25) is 5.02 Å². The van der Waals surface area contributed by atoms with E-state index in [1.807, 2.05) is 51.1 Å². The second-order valence-electron chi connectivity index (χ2n) is 7.76. The molecule has 0 spiro atoms. The number of ether oxygens (including phenoxy) is 1. The number of aryl methyl sites for hydroxylation is 4. The van der Waals surface area contributed by atoms with E-state index < -0.39 is 0 Å². The number of nitrogens with one attached hydrogen (secondary N) is 1. The van der Waals surface area contributed by atoms with Gasteiger partial charge in [-0.2, -0.15) is 10.1 Å². The largest absolute Gasteiger partial charge is 0.439 e. The number of benzene rings is 2. The van der Waals surface area contributed by atoms with Gasteiger partial charge in [0.15, 0.2) is 5.82 Å². The molecule has 0 saturated carbocycles. The summed E-state index contributed by atoms with van der Waals surface area (Å²) in [5.41, 5.74) is 3.62. The first-order valence-corrected chi connectivity index (χ1v) is 10.9. The van der Waals surface area contributed by atoms with Crippen molar-refractivity contribution in [1.82, 2.24) is 19.7 Å². The summed E-state index contributed by atoms with van der Waals surface area (Å²) in [7, 11) is 0. The molecular formula is C25H24ClN5O2. The zero-order chi connectivity index (χ0) is 23.4. The van der Waals surface area contributed by atoms with Crippen LogP contribution in [0.1, 0.15) is 29.2 Å². The maximum Gasteiger partial charge on any atom is 0.224 e. The van der Waals surface area contributed by atoms with Crippen LogP contribution in [0.5, 0.6) is 11.6 Å². The van der Waals surface area contributed by atoms with Gasteiger partial charge in [-0.1, -0.05) is 23.7 Å². The van der Waals surface area contributed by atoms with Gasteiger partial charge in [-0.05, 0) is 75.2 Å². The summed E-state index contributed by atoms with van der Waals surface area (Å²) < 4.78 is 7.69. The molecule has 0 unspecified atom stereocenters. The molecule has 33 heavy (non-hydrogen) atoms. The van der Waals surface area contributed by atoms with Crippen LogP contribution in [0.15, 0.2) is 60.7 Å². The van der Waals surface area contributed by atoms with Gasteiger partial charge in [0.1, 0.15) is 11.6 Å². The molecule has 168 valence electrons. The van der Waals surface area contributed by atoms with Gasteiger partial charge >= 0.3 is 0 Å².